The van der Waals surface area contributed by atoms with Gasteiger partial charge in [0.25, 0.3) is 5.91 Å². The Hall–Kier alpha value is -1.68. The number of amides is 1. The molecule has 1 unspecified atom stereocenters. The van der Waals surface area contributed by atoms with Crippen LogP contribution in [0.4, 0.5) is 10.1 Å². The molecule has 0 radical (unpaired) electrons. The fourth-order valence-electron chi connectivity index (χ4n) is 2.09. The number of nitrogens with one attached hydrogen (secondary N) is 1. The van der Waals surface area contributed by atoms with Gasteiger partial charge in [-0.05, 0) is 58.1 Å². The zero-order chi connectivity index (χ0) is 15.4. The average molecular weight is 350 g/mol. The molecule has 0 saturated carbocycles. The first kappa shape index (κ1) is 15.7. The highest BCUT2D eigenvalue weighted by molar-refractivity contribution is 9.10. The van der Waals surface area contributed by atoms with E-state index in [2.05, 4.69) is 35.1 Å². The maximum absolute atomic E-state index is 13.5. The highest BCUT2D eigenvalue weighted by atomic mass is 79.9. The number of carbonyl (C=O) groups excluding carboxylic acids is 1. The van der Waals surface area contributed by atoms with Gasteiger partial charge in [-0.3, -0.25) is 4.79 Å². The molecular formula is C17H17BrFNO. The number of carbonyl (C=O) groups is 1. The summed E-state index contributed by atoms with van der Waals surface area (Å²) in [5.41, 5.74) is 2.17. The van der Waals surface area contributed by atoms with Crippen LogP contribution in [0.2, 0.25) is 0 Å². The lowest BCUT2D eigenvalue weighted by Gasteiger charge is -2.15. The van der Waals surface area contributed by atoms with Gasteiger partial charge >= 0.3 is 0 Å². The second-order valence-electron chi connectivity index (χ2n) is 4.98. The van der Waals surface area contributed by atoms with Crippen molar-refractivity contribution in [1.29, 1.82) is 0 Å². The third-order valence-corrected chi connectivity index (χ3v) is 4.18. The average Bonchev–Trinajstić information content (AvgIpc) is 2.49. The van der Waals surface area contributed by atoms with Crippen LogP contribution in [-0.4, -0.2) is 5.91 Å². The van der Waals surface area contributed by atoms with Gasteiger partial charge in [-0.1, -0.05) is 32.0 Å². The molecule has 21 heavy (non-hydrogen) atoms. The molecule has 2 nitrogen and oxygen atoms in total. The molecule has 0 aliphatic heterocycles. The lowest BCUT2D eigenvalue weighted by atomic mass is 9.97. The van der Waals surface area contributed by atoms with Gasteiger partial charge in [-0.2, -0.15) is 0 Å². The Morgan fingerprint density at radius 3 is 2.67 bits per heavy atom. The Balaban J connectivity index is 2.25. The summed E-state index contributed by atoms with van der Waals surface area (Å²) in [6.45, 7) is 4.22. The number of rotatable bonds is 4. The molecule has 0 aliphatic carbocycles. The van der Waals surface area contributed by atoms with Gasteiger partial charge in [-0.25, -0.2) is 4.39 Å². The van der Waals surface area contributed by atoms with Crippen LogP contribution in [0.15, 0.2) is 46.9 Å². The fourth-order valence-corrected chi connectivity index (χ4v) is 2.34. The second kappa shape index (κ2) is 6.85. The Morgan fingerprint density at radius 2 is 2.00 bits per heavy atom. The summed E-state index contributed by atoms with van der Waals surface area (Å²) < 4.78 is 13.9. The van der Waals surface area contributed by atoms with Crippen LogP contribution >= 0.6 is 15.9 Å². The molecule has 0 spiro atoms. The topological polar surface area (TPSA) is 29.1 Å². The van der Waals surface area contributed by atoms with Crippen molar-refractivity contribution in [1.82, 2.24) is 0 Å². The normalized spacial score (nSPS) is 12.0. The van der Waals surface area contributed by atoms with E-state index in [1.165, 1.54) is 12.1 Å². The number of halogens is 2. The fraction of sp³-hybridized carbons (Fsp3) is 0.235. The second-order valence-corrected chi connectivity index (χ2v) is 5.83. The van der Waals surface area contributed by atoms with Crippen LogP contribution in [-0.2, 0) is 0 Å². The minimum Gasteiger partial charge on any atom is -0.322 e. The lowest BCUT2D eigenvalue weighted by molar-refractivity contribution is 0.102. The Kier molecular flexibility index (Phi) is 5.12. The van der Waals surface area contributed by atoms with Crippen molar-refractivity contribution in [2.75, 3.05) is 5.32 Å². The van der Waals surface area contributed by atoms with Gasteiger partial charge in [0.15, 0.2) is 0 Å². The third-order valence-electron chi connectivity index (χ3n) is 3.53. The van der Waals surface area contributed by atoms with Gasteiger partial charge in [-0.15, -0.1) is 0 Å². The number of benzene rings is 2. The van der Waals surface area contributed by atoms with E-state index in [-0.39, 0.29) is 5.91 Å². The standard InChI is InChI=1S/C17H17BrFNO/c1-3-11(2)13-6-4-5-7-16(13)20-17(21)12-8-9-14(18)15(19)10-12/h4-11H,3H2,1-2H3,(H,20,21). The molecule has 1 atom stereocenters. The summed E-state index contributed by atoms with van der Waals surface area (Å²) in [4.78, 5) is 12.2. The predicted molar refractivity (Wildman–Crippen MR) is 87.2 cm³/mol. The molecular weight excluding hydrogens is 333 g/mol. The van der Waals surface area contributed by atoms with E-state index >= 15 is 0 Å². The van der Waals surface area contributed by atoms with Gasteiger partial charge in [0.1, 0.15) is 5.82 Å². The summed E-state index contributed by atoms with van der Waals surface area (Å²) in [5.74, 6) is -0.404. The van der Waals surface area contributed by atoms with Gasteiger partial charge in [0.2, 0.25) is 0 Å². The Labute approximate surface area is 132 Å². The number of para-hydroxylation sites is 1. The van der Waals surface area contributed by atoms with Crippen molar-refractivity contribution in [3.05, 3.63) is 63.9 Å². The lowest BCUT2D eigenvalue weighted by Crippen LogP contribution is -2.14. The maximum atomic E-state index is 13.5. The molecule has 1 N–H and O–H groups in total. The summed E-state index contributed by atoms with van der Waals surface area (Å²) in [7, 11) is 0. The molecule has 0 heterocycles. The molecule has 0 aliphatic rings. The maximum Gasteiger partial charge on any atom is 0.255 e. The van der Waals surface area contributed by atoms with Crippen LogP contribution in [0, 0.1) is 5.82 Å². The Bertz CT molecular complexity index is 657. The van der Waals surface area contributed by atoms with Crippen molar-refractivity contribution in [2.24, 2.45) is 0 Å². The van der Waals surface area contributed by atoms with Crippen LogP contribution in [0.1, 0.15) is 42.1 Å². The summed E-state index contributed by atoms with van der Waals surface area (Å²) in [6, 6.07) is 12.1. The van der Waals surface area contributed by atoms with Crippen LogP contribution in [0.5, 0.6) is 0 Å². The van der Waals surface area contributed by atoms with Crippen molar-refractivity contribution < 1.29 is 9.18 Å². The molecule has 2 rings (SSSR count). The van der Waals surface area contributed by atoms with E-state index in [1.807, 2.05) is 24.3 Å². The van der Waals surface area contributed by atoms with E-state index < -0.39 is 5.82 Å². The first-order valence-electron chi connectivity index (χ1n) is 6.88. The van der Waals surface area contributed by atoms with E-state index in [1.54, 1.807) is 6.07 Å². The Morgan fingerprint density at radius 1 is 1.29 bits per heavy atom. The summed E-state index contributed by atoms with van der Waals surface area (Å²) in [5, 5.41) is 2.87. The zero-order valence-corrected chi connectivity index (χ0v) is 13.6. The number of hydrogen-bond acceptors (Lipinski definition) is 1. The number of anilines is 1. The quantitative estimate of drug-likeness (QED) is 0.791. The van der Waals surface area contributed by atoms with Crippen LogP contribution in [0.25, 0.3) is 0 Å². The molecule has 0 saturated heterocycles. The van der Waals surface area contributed by atoms with Crippen molar-refractivity contribution in [3.63, 3.8) is 0 Å². The highest BCUT2D eigenvalue weighted by Crippen LogP contribution is 2.27. The van der Waals surface area contributed by atoms with Crippen LogP contribution < -0.4 is 5.32 Å². The van der Waals surface area contributed by atoms with E-state index in [9.17, 15) is 9.18 Å². The molecule has 0 fully saturated rings. The van der Waals surface area contributed by atoms with Crippen LogP contribution in [0.3, 0.4) is 0 Å². The largest absolute Gasteiger partial charge is 0.322 e. The molecule has 1 amide bonds. The highest BCUT2D eigenvalue weighted by Gasteiger charge is 2.13. The van der Waals surface area contributed by atoms with E-state index in [0.717, 1.165) is 17.7 Å². The third kappa shape index (κ3) is 3.70. The van der Waals surface area contributed by atoms with E-state index in [4.69, 9.17) is 0 Å². The molecule has 4 heteroatoms. The minimum absolute atomic E-state index is 0.301. The molecule has 0 aromatic heterocycles. The van der Waals surface area contributed by atoms with E-state index in [0.29, 0.717) is 16.0 Å². The smallest absolute Gasteiger partial charge is 0.255 e. The minimum atomic E-state index is -0.446. The van der Waals surface area contributed by atoms with Gasteiger partial charge < -0.3 is 5.32 Å². The van der Waals surface area contributed by atoms with Crippen molar-refractivity contribution in [3.8, 4) is 0 Å². The molecule has 110 valence electrons. The SMILES string of the molecule is CCC(C)c1ccccc1NC(=O)c1ccc(Br)c(F)c1. The molecule has 2 aromatic rings. The predicted octanol–water partition coefficient (Wildman–Crippen LogP) is 5.35. The van der Waals surface area contributed by atoms with Crippen molar-refractivity contribution in [2.45, 2.75) is 26.2 Å². The monoisotopic (exact) mass is 349 g/mol. The van der Waals surface area contributed by atoms with Gasteiger partial charge in [0, 0.05) is 11.3 Å². The first-order chi connectivity index (χ1) is 10.0. The molecule has 0 bridgehead atoms. The van der Waals surface area contributed by atoms with Gasteiger partial charge in [0.05, 0.1) is 4.47 Å². The summed E-state index contributed by atoms with van der Waals surface area (Å²) >= 11 is 3.08. The first-order valence-corrected chi connectivity index (χ1v) is 7.67. The van der Waals surface area contributed by atoms with Crippen molar-refractivity contribution >= 4 is 27.5 Å². The summed E-state index contributed by atoms with van der Waals surface area (Å²) in [6.07, 6.45) is 0.986. The number of hydrogen-bond donors (Lipinski definition) is 1. The molecule has 2 aromatic carbocycles. The zero-order valence-electron chi connectivity index (χ0n) is 12.0.